The normalized spacial score (nSPS) is 16.8. The highest BCUT2D eigenvalue weighted by Gasteiger charge is 1.96. The van der Waals surface area contributed by atoms with Gasteiger partial charge in [-0.2, -0.15) is 0 Å². The van der Waals surface area contributed by atoms with Crippen LogP contribution in [0, 0.1) is 0 Å². The van der Waals surface area contributed by atoms with Crippen molar-refractivity contribution in [3.8, 4) is 0 Å². The molecule has 0 amide bonds. The summed E-state index contributed by atoms with van der Waals surface area (Å²) < 4.78 is 9.42. The van der Waals surface area contributed by atoms with Gasteiger partial charge in [0.25, 0.3) is 0 Å². The monoisotopic (exact) mass is 150 g/mol. The third kappa shape index (κ3) is 7.84. The molecule has 4 nitrogen and oxygen atoms in total. The minimum absolute atomic E-state index is 0.294. The maximum atomic E-state index is 8.58. The average Bonchev–Trinajstić information content (AvgIpc) is 1.79. The van der Waals surface area contributed by atoms with Crippen molar-refractivity contribution in [3.63, 3.8) is 0 Å². The number of rotatable bonds is 5. The molecule has 0 radical (unpaired) electrons. The summed E-state index contributed by atoms with van der Waals surface area (Å²) in [6.07, 6.45) is -1.53. The van der Waals surface area contributed by atoms with Gasteiger partial charge in [0.2, 0.25) is 0 Å². The SMILES string of the molecule is CC(O)OCCOC(C)O. The lowest BCUT2D eigenvalue weighted by molar-refractivity contribution is -0.135. The first-order chi connectivity index (χ1) is 4.63. The number of aliphatic hydroxyl groups is 2. The van der Waals surface area contributed by atoms with Crippen LogP contribution in [-0.2, 0) is 9.47 Å². The minimum Gasteiger partial charge on any atom is -0.368 e. The van der Waals surface area contributed by atoms with E-state index >= 15 is 0 Å². The van der Waals surface area contributed by atoms with E-state index < -0.39 is 12.6 Å². The van der Waals surface area contributed by atoms with Crippen LogP contribution in [0.4, 0.5) is 0 Å². The Morgan fingerprint density at radius 3 is 1.50 bits per heavy atom. The van der Waals surface area contributed by atoms with Gasteiger partial charge in [0.05, 0.1) is 13.2 Å². The molecule has 0 bridgehead atoms. The molecule has 4 heteroatoms. The van der Waals surface area contributed by atoms with E-state index in [0.29, 0.717) is 13.2 Å². The van der Waals surface area contributed by atoms with E-state index in [2.05, 4.69) is 0 Å². The molecule has 2 unspecified atom stereocenters. The Morgan fingerprint density at radius 1 is 1.00 bits per heavy atom. The molecule has 0 fully saturated rings. The van der Waals surface area contributed by atoms with Crippen molar-refractivity contribution in [2.45, 2.75) is 26.4 Å². The summed E-state index contributed by atoms with van der Waals surface area (Å²) in [7, 11) is 0. The zero-order valence-electron chi connectivity index (χ0n) is 6.28. The van der Waals surface area contributed by atoms with Crippen molar-refractivity contribution >= 4 is 0 Å². The Labute approximate surface area is 60.4 Å². The van der Waals surface area contributed by atoms with Crippen molar-refractivity contribution in [1.29, 1.82) is 0 Å². The molecule has 0 aromatic heterocycles. The van der Waals surface area contributed by atoms with E-state index in [1.807, 2.05) is 0 Å². The number of aliphatic hydroxyl groups excluding tert-OH is 2. The van der Waals surface area contributed by atoms with Crippen LogP contribution < -0.4 is 0 Å². The molecule has 10 heavy (non-hydrogen) atoms. The van der Waals surface area contributed by atoms with Crippen molar-refractivity contribution < 1.29 is 19.7 Å². The van der Waals surface area contributed by atoms with E-state index in [1.54, 1.807) is 0 Å². The van der Waals surface area contributed by atoms with Crippen molar-refractivity contribution in [2.75, 3.05) is 13.2 Å². The van der Waals surface area contributed by atoms with Crippen LogP contribution in [0.1, 0.15) is 13.8 Å². The van der Waals surface area contributed by atoms with Gasteiger partial charge in [-0.1, -0.05) is 0 Å². The lowest BCUT2D eigenvalue weighted by Crippen LogP contribution is -2.15. The molecule has 0 saturated carbocycles. The summed E-state index contributed by atoms with van der Waals surface area (Å²) in [6, 6.07) is 0. The first-order valence-electron chi connectivity index (χ1n) is 3.22. The molecule has 0 aromatic carbocycles. The van der Waals surface area contributed by atoms with Gasteiger partial charge in [-0.3, -0.25) is 0 Å². The van der Waals surface area contributed by atoms with E-state index in [1.165, 1.54) is 13.8 Å². The van der Waals surface area contributed by atoms with Crippen LogP contribution in [0.3, 0.4) is 0 Å². The predicted octanol–water partition coefficient (Wildman–Crippen LogP) is -0.304. The molecule has 0 aromatic rings. The van der Waals surface area contributed by atoms with Gasteiger partial charge in [0.1, 0.15) is 0 Å². The first kappa shape index (κ1) is 9.84. The predicted molar refractivity (Wildman–Crippen MR) is 35.3 cm³/mol. The van der Waals surface area contributed by atoms with Crippen LogP contribution in [-0.4, -0.2) is 36.0 Å². The second-order valence-electron chi connectivity index (χ2n) is 1.94. The highest BCUT2D eigenvalue weighted by atomic mass is 16.6. The second-order valence-corrected chi connectivity index (χ2v) is 1.94. The maximum Gasteiger partial charge on any atom is 0.151 e. The Balaban J connectivity index is 2.91. The van der Waals surface area contributed by atoms with Gasteiger partial charge in [0, 0.05) is 0 Å². The molecule has 2 N–H and O–H groups in total. The molecular weight excluding hydrogens is 136 g/mol. The quantitative estimate of drug-likeness (QED) is 0.417. The van der Waals surface area contributed by atoms with Gasteiger partial charge < -0.3 is 19.7 Å². The van der Waals surface area contributed by atoms with Crippen LogP contribution in [0.25, 0.3) is 0 Å². The summed E-state index contributed by atoms with van der Waals surface area (Å²) in [6.45, 7) is 3.62. The third-order valence-electron chi connectivity index (χ3n) is 0.801. The molecule has 0 aliphatic heterocycles. The summed E-state index contributed by atoms with van der Waals surface area (Å²) in [4.78, 5) is 0. The van der Waals surface area contributed by atoms with Gasteiger partial charge >= 0.3 is 0 Å². The molecule has 0 heterocycles. The molecule has 0 aliphatic rings. The largest absolute Gasteiger partial charge is 0.368 e. The van der Waals surface area contributed by atoms with Gasteiger partial charge in [0.15, 0.2) is 12.6 Å². The van der Waals surface area contributed by atoms with Crippen LogP contribution in [0.15, 0.2) is 0 Å². The van der Waals surface area contributed by atoms with E-state index in [9.17, 15) is 0 Å². The zero-order chi connectivity index (χ0) is 7.98. The van der Waals surface area contributed by atoms with Crippen LogP contribution in [0.2, 0.25) is 0 Å². The molecule has 62 valence electrons. The van der Waals surface area contributed by atoms with Gasteiger partial charge in [-0.15, -0.1) is 0 Å². The standard InChI is InChI=1S/C6H14O4/c1-5(7)9-3-4-10-6(2)8/h5-8H,3-4H2,1-2H3. The van der Waals surface area contributed by atoms with Crippen molar-refractivity contribution in [2.24, 2.45) is 0 Å². The summed E-state index contributed by atoms with van der Waals surface area (Å²) in [5.41, 5.74) is 0. The fourth-order valence-electron chi connectivity index (χ4n) is 0.437. The Morgan fingerprint density at radius 2 is 1.30 bits per heavy atom. The van der Waals surface area contributed by atoms with Gasteiger partial charge in [-0.05, 0) is 13.8 Å². The molecule has 0 saturated heterocycles. The lowest BCUT2D eigenvalue weighted by atomic mass is 10.7. The summed E-state index contributed by atoms with van der Waals surface area (Å²) in [5.74, 6) is 0. The zero-order valence-corrected chi connectivity index (χ0v) is 6.28. The summed E-state index contributed by atoms with van der Waals surface area (Å²) in [5, 5.41) is 17.2. The van der Waals surface area contributed by atoms with E-state index in [-0.39, 0.29) is 0 Å². The smallest absolute Gasteiger partial charge is 0.151 e. The average molecular weight is 150 g/mol. The molecule has 2 atom stereocenters. The first-order valence-corrected chi connectivity index (χ1v) is 3.22. The molecule has 0 rings (SSSR count). The molecule has 0 aliphatic carbocycles. The lowest BCUT2D eigenvalue weighted by Gasteiger charge is -2.08. The summed E-state index contributed by atoms with van der Waals surface area (Å²) >= 11 is 0. The Bertz CT molecular complexity index is 62.1. The van der Waals surface area contributed by atoms with E-state index in [4.69, 9.17) is 19.7 Å². The fraction of sp³-hybridized carbons (Fsp3) is 1.00. The van der Waals surface area contributed by atoms with Crippen molar-refractivity contribution in [1.82, 2.24) is 0 Å². The van der Waals surface area contributed by atoms with Crippen LogP contribution >= 0.6 is 0 Å². The van der Waals surface area contributed by atoms with Gasteiger partial charge in [-0.25, -0.2) is 0 Å². The van der Waals surface area contributed by atoms with Crippen molar-refractivity contribution in [3.05, 3.63) is 0 Å². The third-order valence-corrected chi connectivity index (χ3v) is 0.801. The fourth-order valence-corrected chi connectivity index (χ4v) is 0.437. The number of ether oxygens (including phenoxy) is 2. The number of hydrogen-bond donors (Lipinski definition) is 2. The Kier molecular flexibility index (Phi) is 5.52. The number of hydrogen-bond acceptors (Lipinski definition) is 4. The maximum absolute atomic E-state index is 8.58. The highest BCUT2D eigenvalue weighted by molar-refractivity contribution is 4.30. The van der Waals surface area contributed by atoms with Crippen LogP contribution in [0.5, 0.6) is 0 Å². The Hall–Kier alpha value is -0.160. The minimum atomic E-state index is -0.766. The van der Waals surface area contributed by atoms with E-state index in [0.717, 1.165) is 0 Å². The molecule has 0 spiro atoms. The molecular formula is C6H14O4. The second kappa shape index (κ2) is 5.61. The highest BCUT2D eigenvalue weighted by Crippen LogP contribution is 1.86. The topological polar surface area (TPSA) is 58.9 Å².